The van der Waals surface area contributed by atoms with Gasteiger partial charge in [0.25, 0.3) is 0 Å². The van der Waals surface area contributed by atoms with Crippen LogP contribution in [0.3, 0.4) is 0 Å². The van der Waals surface area contributed by atoms with E-state index in [4.69, 9.17) is 0 Å². The molecule has 0 spiro atoms. The van der Waals surface area contributed by atoms with Crippen molar-refractivity contribution in [3.05, 3.63) is 0 Å². The van der Waals surface area contributed by atoms with Crippen LogP contribution in [0.15, 0.2) is 0 Å². The van der Waals surface area contributed by atoms with Crippen molar-refractivity contribution in [2.75, 3.05) is 13.1 Å². The molecule has 1 rings (SSSR count). The van der Waals surface area contributed by atoms with Gasteiger partial charge < -0.3 is 10.4 Å². The quantitative estimate of drug-likeness (QED) is 0.581. The molecule has 19 heavy (non-hydrogen) atoms. The van der Waals surface area contributed by atoms with Crippen LogP contribution in [0.1, 0.15) is 84.5 Å². The first kappa shape index (κ1) is 17.0. The van der Waals surface area contributed by atoms with E-state index in [-0.39, 0.29) is 5.60 Å². The summed E-state index contributed by atoms with van der Waals surface area (Å²) in [5.41, 5.74) is -0.370. The first-order valence-corrected chi connectivity index (χ1v) is 8.66. The normalized spacial score (nSPS) is 20.4. The van der Waals surface area contributed by atoms with Crippen molar-refractivity contribution >= 4 is 0 Å². The highest BCUT2D eigenvalue weighted by atomic mass is 16.3. The third kappa shape index (κ3) is 6.27. The number of aliphatic hydroxyl groups is 1. The zero-order chi connectivity index (χ0) is 14.0. The van der Waals surface area contributed by atoms with Crippen molar-refractivity contribution in [3.8, 4) is 0 Å². The molecular weight excluding hydrogens is 234 g/mol. The van der Waals surface area contributed by atoms with Crippen molar-refractivity contribution in [2.45, 2.75) is 90.1 Å². The zero-order valence-corrected chi connectivity index (χ0v) is 13.2. The first-order valence-electron chi connectivity index (χ1n) is 8.66. The van der Waals surface area contributed by atoms with Gasteiger partial charge in [0, 0.05) is 0 Å². The Morgan fingerprint density at radius 1 is 0.895 bits per heavy atom. The van der Waals surface area contributed by atoms with Crippen LogP contribution in [0.4, 0.5) is 0 Å². The molecule has 114 valence electrons. The highest BCUT2D eigenvalue weighted by Crippen LogP contribution is 2.35. The van der Waals surface area contributed by atoms with E-state index in [1.165, 1.54) is 57.8 Å². The molecule has 1 aliphatic heterocycles. The van der Waals surface area contributed by atoms with Crippen molar-refractivity contribution in [1.82, 2.24) is 5.32 Å². The summed E-state index contributed by atoms with van der Waals surface area (Å²) < 4.78 is 0. The van der Waals surface area contributed by atoms with Crippen LogP contribution in [0.25, 0.3) is 0 Å². The predicted octanol–water partition coefficient (Wildman–Crippen LogP) is 4.27. The van der Waals surface area contributed by atoms with Gasteiger partial charge in [0.1, 0.15) is 0 Å². The van der Waals surface area contributed by atoms with Crippen LogP contribution in [-0.2, 0) is 0 Å². The van der Waals surface area contributed by atoms with Crippen LogP contribution in [-0.4, -0.2) is 23.8 Å². The van der Waals surface area contributed by atoms with Crippen molar-refractivity contribution in [2.24, 2.45) is 5.92 Å². The SMILES string of the molecule is CCCCCCC(CCCCC)C1(O)CCNCC1. The molecule has 0 radical (unpaired) electrons. The molecule has 0 aliphatic carbocycles. The number of nitrogens with one attached hydrogen (secondary N) is 1. The van der Waals surface area contributed by atoms with Gasteiger partial charge >= 0.3 is 0 Å². The van der Waals surface area contributed by atoms with E-state index < -0.39 is 0 Å². The van der Waals surface area contributed by atoms with E-state index in [2.05, 4.69) is 19.2 Å². The Kier molecular flexibility index (Phi) is 8.72. The van der Waals surface area contributed by atoms with E-state index in [1.54, 1.807) is 0 Å². The molecule has 1 aliphatic rings. The summed E-state index contributed by atoms with van der Waals surface area (Å²) in [6.45, 7) is 6.51. The molecule has 0 saturated carbocycles. The molecule has 1 unspecified atom stereocenters. The fourth-order valence-corrected chi connectivity index (χ4v) is 3.41. The highest BCUT2D eigenvalue weighted by molar-refractivity contribution is 4.90. The molecule has 2 nitrogen and oxygen atoms in total. The Morgan fingerprint density at radius 3 is 2.00 bits per heavy atom. The third-order valence-electron chi connectivity index (χ3n) is 4.79. The standard InChI is InChI=1S/C17H35NO/c1-3-5-7-9-11-16(10-8-6-4-2)17(19)12-14-18-15-13-17/h16,18-19H,3-15H2,1-2H3. The molecule has 1 heterocycles. The molecule has 1 saturated heterocycles. The lowest BCUT2D eigenvalue weighted by atomic mass is 9.75. The number of piperidine rings is 1. The Morgan fingerprint density at radius 2 is 1.42 bits per heavy atom. The second-order valence-electron chi connectivity index (χ2n) is 6.40. The molecule has 1 fully saturated rings. The Balaban J connectivity index is 2.41. The minimum atomic E-state index is -0.370. The van der Waals surface area contributed by atoms with Gasteiger partial charge in [-0.25, -0.2) is 0 Å². The minimum Gasteiger partial charge on any atom is -0.390 e. The monoisotopic (exact) mass is 269 g/mol. The fraction of sp³-hybridized carbons (Fsp3) is 1.00. The minimum absolute atomic E-state index is 0.370. The summed E-state index contributed by atoms with van der Waals surface area (Å²) in [5, 5.41) is 14.3. The predicted molar refractivity (Wildman–Crippen MR) is 83.4 cm³/mol. The maximum Gasteiger partial charge on any atom is 0.0700 e. The lowest BCUT2D eigenvalue weighted by Gasteiger charge is -2.40. The summed E-state index contributed by atoms with van der Waals surface area (Å²) in [4.78, 5) is 0. The molecular formula is C17H35NO. The topological polar surface area (TPSA) is 32.3 Å². The van der Waals surface area contributed by atoms with Crippen LogP contribution in [0, 0.1) is 5.92 Å². The number of rotatable bonds is 10. The Hall–Kier alpha value is -0.0800. The van der Waals surface area contributed by atoms with E-state index >= 15 is 0 Å². The maximum atomic E-state index is 10.9. The second kappa shape index (κ2) is 9.77. The van der Waals surface area contributed by atoms with Crippen LogP contribution < -0.4 is 5.32 Å². The zero-order valence-electron chi connectivity index (χ0n) is 13.2. The molecule has 0 aromatic rings. The van der Waals surface area contributed by atoms with Gasteiger partial charge in [-0.1, -0.05) is 58.8 Å². The molecule has 0 aromatic heterocycles. The number of hydrogen-bond acceptors (Lipinski definition) is 2. The molecule has 1 atom stereocenters. The molecule has 2 N–H and O–H groups in total. The summed E-state index contributed by atoms with van der Waals surface area (Å²) >= 11 is 0. The largest absolute Gasteiger partial charge is 0.390 e. The first-order chi connectivity index (χ1) is 9.23. The number of unbranched alkanes of at least 4 members (excludes halogenated alkanes) is 5. The maximum absolute atomic E-state index is 10.9. The van der Waals surface area contributed by atoms with Gasteiger partial charge in [-0.3, -0.25) is 0 Å². The fourth-order valence-electron chi connectivity index (χ4n) is 3.41. The summed E-state index contributed by atoms with van der Waals surface area (Å²) in [6, 6.07) is 0. The van der Waals surface area contributed by atoms with Gasteiger partial charge in [-0.05, 0) is 44.7 Å². The van der Waals surface area contributed by atoms with Gasteiger partial charge in [0.15, 0.2) is 0 Å². The van der Waals surface area contributed by atoms with Gasteiger partial charge in [0.2, 0.25) is 0 Å². The smallest absolute Gasteiger partial charge is 0.0700 e. The van der Waals surface area contributed by atoms with Crippen molar-refractivity contribution < 1.29 is 5.11 Å². The van der Waals surface area contributed by atoms with Gasteiger partial charge in [-0.15, -0.1) is 0 Å². The Bertz CT molecular complexity index is 211. The van der Waals surface area contributed by atoms with Crippen molar-refractivity contribution in [3.63, 3.8) is 0 Å². The molecule has 0 amide bonds. The van der Waals surface area contributed by atoms with E-state index in [0.29, 0.717) is 5.92 Å². The average molecular weight is 269 g/mol. The van der Waals surface area contributed by atoms with Crippen LogP contribution in [0.5, 0.6) is 0 Å². The van der Waals surface area contributed by atoms with E-state index in [1.807, 2.05) is 0 Å². The van der Waals surface area contributed by atoms with E-state index in [9.17, 15) is 5.11 Å². The second-order valence-corrected chi connectivity index (χ2v) is 6.40. The lowest BCUT2D eigenvalue weighted by Crippen LogP contribution is -2.47. The summed E-state index contributed by atoms with van der Waals surface area (Å²) in [6.07, 6.45) is 13.6. The summed E-state index contributed by atoms with van der Waals surface area (Å²) in [7, 11) is 0. The molecule has 0 bridgehead atoms. The highest BCUT2D eigenvalue weighted by Gasteiger charge is 2.36. The third-order valence-corrected chi connectivity index (χ3v) is 4.79. The van der Waals surface area contributed by atoms with Gasteiger partial charge in [0.05, 0.1) is 5.60 Å². The lowest BCUT2D eigenvalue weighted by molar-refractivity contribution is -0.0511. The van der Waals surface area contributed by atoms with Crippen LogP contribution in [0.2, 0.25) is 0 Å². The number of hydrogen-bond donors (Lipinski definition) is 2. The van der Waals surface area contributed by atoms with Gasteiger partial charge in [-0.2, -0.15) is 0 Å². The average Bonchev–Trinajstić information content (AvgIpc) is 2.42. The summed E-state index contributed by atoms with van der Waals surface area (Å²) in [5.74, 6) is 0.540. The van der Waals surface area contributed by atoms with Crippen LogP contribution >= 0.6 is 0 Å². The van der Waals surface area contributed by atoms with Crippen molar-refractivity contribution in [1.29, 1.82) is 0 Å². The Labute approximate surface area is 120 Å². The molecule has 2 heteroatoms. The van der Waals surface area contributed by atoms with E-state index in [0.717, 1.165) is 25.9 Å². The molecule has 0 aromatic carbocycles.